The Kier molecular flexibility index (Phi) is 6.28. The highest BCUT2D eigenvalue weighted by Crippen LogP contribution is 2.36. The van der Waals surface area contributed by atoms with Crippen LogP contribution in [0.25, 0.3) is 11.4 Å². The van der Waals surface area contributed by atoms with Gasteiger partial charge in [-0.15, -0.1) is 0 Å². The average Bonchev–Trinajstić information content (AvgIpc) is 3.15. The number of alkyl halides is 3. The number of carbonyl (C=O) groups is 1. The number of amides is 1. The summed E-state index contributed by atoms with van der Waals surface area (Å²) >= 11 is 0. The second kappa shape index (κ2) is 9.00. The van der Waals surface area contributed by atoms with E-state index >= 15 is 0 Å². The Bertz CT molecular complexity index is 1030. The summed E-state index contributed by atoms with van der Waals surface area (Å²) in [7, 11) is 0. The van der Waals surface area contributed by atoms with Gasteiger partial charge in [-0.2, -0.15) is 18.3 Å². The van der Waals surface area contributed by atoms with Gasteiger partial charge < -0.3 is 26.7 Å². The van der Waals surface area contributed by atoms with Crippen LogP contribution in [0.5, 0.6) is 0 Å². The number of anilines is 3. The molecule has 1 saturated carbocycles. The number of aromatic amines is 1. The fourth-order valence-electron chi connectivity index (χ4n) is 4.06. The molecular weight excluding hydrogens is 437 g/mol. The monoisotopic (exact) mass is 464 g/mol. The van der Waals surface area contributed by atoms with E-state index in [2.05, 4.69) is 25.8 Å². The minimum absolute atomic E-state index is 0.0735. The lowest BCUT2D eigenvalue weighted by molar-refractivity contribution is -0.121. The van der Waals surface area contributed by atoms with Crippen LogP contribution in [0.3, 0.4) is 0 Å². The number of aromatic nitrogens is 3. The highest BCUT2D eigenvalue weighted by Gasteiger charge is 2.32. The van der Waals surface area contributed by atoms with E-state index in [1.54, 1.807) is 4.90 Å². The third-order valence-electron chi connectivity index (χ3n) is 6.30. The first-order valence-electron chi connectivity index (χ1n) is 10.9. The van der Waals surface area contributed by atoms with Crippen molar-refractivity contribution >= 4 is 29.3 Å². The molecule has 2 fully saturated rings. The molecule has 6 N–H and O–H groups in total. The van der Waals surface area contributed by atoms with Gasteiger partial charge in [0.2, 0.25) is 5.91 Å². The molecule has 1 saturated heterocycles. The van der Waals surface area contributed by atoms with Crippen LogP contribution >= 0.6 is 0 Å². The van der Waals surface area contributed by atoms with E-state index in [0.717, 1.165) is 25.5 Å². The zero-order valence-electron chi connectivity index (χ0n) is 18.2. The van der Waals surface area contributed by atoms with Crippen molar-refractivity contribution in [3.63, 3.8) is 0 Å². The normalized spacial score (nSPS) is 17.8. The first-order valence-corrected chi connectivity index (χ1v) is 10.9. The topological polar surface area (TPSA) is 136 Å². The molecule has 12 heteroatoms. The number of H-pyrrole nitrogens is 1. The molecule has 1 amide bonds. The fourth-order valence-corrected chi connectivity index (χ4v) is 4.06. The molecule has 2 aromatic heterocycles. The number of nitrogens with zero attached hydrogens (tertiary/aromatic N) is 3. The van der Waals surface area contributed by atoms with Gasteiger partial charge in [0.1, 0.15) is 18.1 Å². The van der Waals surface area contributed by atoms with E-state index in [4.69, 9.17) is 11.1 Å². The predicted octanol–water partition coefficient (Wildman–Crippen LogP) is 2.97. The van der Waals surface area contributed by atoms with E-state index < -0.39 is 12.7 Å². The minimum Gasteiger partial charge on any atom is -0.376 e. The van der Waals surface area contributed by atoms with Gasteiger partial charge in [0.05, 0.1) is 23.1 Å². The van der Waals surface area contributed by atoms with Crippen LogP contribution in [0.4, 0.5) is 30.4 Å². The summed E-state index contributed by atoms with van der Waals surface area (Å²) in [6.45, 7) is 1.57. The number of rotatable bonds is 8. The molecule has 1 unspecified atom stereocenters. The van der Waals surface area contributed by atoms with Gasteiger partial charge in [-0.3, -0.25) is 9.89 Å². The number of hydrogen-bond donors (Lipinski definition) is 5. The molecule has 1 aliphatic carbocycles. The van der Waals surface area contributed by atoms with Gasteiger partial charge in [-0.05, 0) is 24.8 Å². The summed E-state index contributed by atoms with van der Waals surface area (Å²) in [6.07, 6.45) is 1.16. The molecule has 2 aliphatic rings. The number of pyridine rings is 1. The largest absolute Gasteiger partial charge is 0.405 e. The van der Waals surface area contributed by atoms with Crippen LogP contribution in [0.2, 0.25) is 0 Å². The number of halogens is 3. The van der Waals surface area contributed by atoms with E-state index in [9.17, 15) is 18.0 Å². The molecule has 0 radical (unpaired) electrons. The van der Waals surface area contributed by atoms with Gasteiger partial charge in [0, 0.05) is 37.0 Å². The van der Waals surface area contributed by atoms with Crippen LogP contribution in [-0.2, 0) is 4.79 Å². The molecule has 0 aromatic carbocycles. The third kappa shape index (κ3) is 4.95. The van der Waals surface area contributed by atoms with Crippen molar-refractivity contribution in [3.05, 3.63) is 17.8 Å². The lowest BCUT2D eigenvalue weighted by Crippen LogP contribution is -2.56. The van der Waals surface area contributed by atoms with Crippen molar-refractivity contribution in [3.8, 4) is 11.4 Å². The number of carbonyl (C=O) groups excluding carboxylic acids is 1. The molecule has 0 bridgehead atoms. The van der Waals surface area contributed by atoms with Gasteiger partial charge in [0.25, 0.3) is 0 Å². The van der Waals surface area contributed by atoms with Crippen molar-refractivity contribution < 1.29 is 18.0 Å². The van der Waals surface area contributed by atoms with Crippen molar-refractivity contribution in [2.75, 3.05) is 35.2 Å². The molecule has 3 heterocycles. The van der Waals surface area contributed by atoms with Crippen LogP contribution in [0.15, 0.2) is 12.3 Å². The first-order chi connectivity index (χ1) is 15.7. The standard InChI is InChI=1S/C21H27F3N8O/c1-11(12-3-2-4-12)20(33)30-17-7-28-31-18(17)16-5-15(27-10-21(22,23)24)14(6-25)19(29-16)32-8-13(26)9-32/h5-7,11-13,25H,2-4,8-10,26H2,1H3,(H,27,29)(H,28,31)(H,30,33). The second-order valence-electron chi connectivity index (χ2n) is 8.70. The summed E-state index contributed by atoms with van der Waals surface area (Å²) in [5, 5.41) is 19.8. The fraction of sp³-hybridized carbons (Fsp3) is 0.524. The van der Waals surface area contributed by atoms with Gasteiger partial charge in [-0.25, -0.2) is 4.98 Å². The zero-order chi connectivity index (χ0) is 23.8. The maximum Gasteiger partial charge on any atom is 0.405 e. The van der Waals surface area contributed by atoms with Crippen molar-refractivity contribution in [2.45, 2.75) is 38.4 Å². The Morgan fingerprint density at radius 3 is 2.70 bits per heavy atom. The number of hydrogen-bond acceptors (Lipinski definition) is 7. The minimum atomic E-state index is -4.44. The summed E-state index contributed by atoms with van der Waals surface area (Å²) in [4.78, 5) is 19.1. The van der Waals surface area contributed by atoms with Crippen molar-refractivity contribution in [1.29, 1.82) is 5.41 Å². The predicted molar refractivity (Wildman–Crippen MR) is 120 cm³/mol. The molecule has 33 heavy (non-hydrogen) atoms. The smallest absolute Gasteiger partial charge is 0.376 e. The highest BCUT2D eigenvalue weighted by atomic mass is 19.4. The zero-order valence-corrected chi connectivity index (χ0v) is 18.2. The van der Waals surface area contributed by atoms with Gasteiger partial charge in [0.15, 0.2) is 0 Å². The molecule has 4 rings (SSSR count). The highest BCUT2D eigenvalue weighted by molar-refractivity contribution is 5.97. The van der Waals surface area contributed by atoms with E-state index in [1.807, 2.05) is 6.92 Å². The third-order valence-corrected chi connectivity index (χ3v) is 6.30. The Morgan fingerprint density at radius 1 is 1.39 bits per heavy atom. The number of nitrogens with one attached hydrogen (secondary N) is 4. The molecular formula is C21H27F3N8O. The number of nitrogens with two attached hydrogens (primary N) is 1. The van der Waals surface area contributed by atoms with Crippen LogP contribution in [0, 0.1) is 17.2 Å². The molecule has 2 aromatic rings. The maximum atomic E-state index is 12.9. The Balaban J connectivity index is 1.67. The summed E-state index contributed by atoms with van der Waals surface area (Å²) in [5.41, 5.74) is 7.29. The Labute approximate surface area is 188 Å². The molecule has 0 spiro atoms. The molecule has 178 valence electrons. The second-order valence-corrected chi connectivity index (χ2v) is 8.70. The van der Waals surface area contributed by atoms with E-state index in [1.165, 1.54) is 12.3 Å². The molecule has 1 aliphatic heterocycles. The lowest BCUT2D eigenvalue weighted by Gasteiger charge is -2.39. The summed E-state index contributed by atoms with van der Waals surface area (Å²) < 4.78 is 38.7. The Morgan fingerprint density at radius 2 is 2.12 bits per heavy atom. The van der Waals surface area contributed by atoms with Crippen LogP contribution in [0.1, 0.15) is 31.7 Å². The van der Waals surface area contributed by atoms with Gasteiger partial charge in [-0.1, -0.05) is 13.3 Å². The maximum absolute atomic E-state index is 12.9. The van der Waals surface area contributed by atoms with E-state index in [-0.39, 0.29) is 29.1 Å². The average molecular weight is 464 g/mol. The van der Waals surface area contributed by atoms with Crippen LogP contribution < -0.4 is 21.3 Å². The van der Waals surface area contributed by atoms with E-state index in [0.29, 0.717) is 41.9 Å². The Hall–Kier alpha value is -3.15. The van der Waals surface area contributed by atoms with Gasteiger partial charge >= 0.3 is 6.18 Å². The van der Waals surface area contributed by atoms with Crippen molar-refractivity contribution in [1.82, 2.24) is 15.2 Å². The molecule has 9 nitrogen and oxygen atoms in total. The van der Waals surface area contributed by atoms with Crippen LogP contribution in [-0.4, -0.2) is 59.2 Å². The lowest BCUT2D eigenvalue weighted by atomic mass is 9.76. The quantitative estimate of drug-likeness (QED) is 0.381. The SMILES string of the molecule is CC(C(=O)Nc1cn[nH]c1-c1cc(NCC(F)(F)F)c(C=N)c(N2CC(N)C2)n1)C1CCC1. The summed E-state index contributed by atoms with van der Waals surface area (Å²) in [6, 6.07) is 1.35. The first kappa shape index (κ1) is 23.0. The molecule has 1 atom stereocenters. The van der Waals surface area contributed by atoms with Crippen molar-refractivity contribution in [2.24, 2.45) is 17.6 Å². The summed E-state index contributed by atoms with van der Waals surface area (Å²) in [5.74, 6) is 0.411.